The quantitative estimate of drug-likeness (QED) is 0.842. The minimum atomic E-state index is -0.903. The first-order chi connectivity index (χ1) is 10.3. The van der Waals surface area contributed by atoms with Gasteiger partial charge < -0.3 is 9.64 Å². The minimum Gasteiger partial charge on any atom is -0.444 e. The molecule has 2 atom stereocenters. The normalized spacial score (nSPS) is 20.7. The van der Waals surface area contributed by atoms with Crippen LogP contribution >= 0.6 is 11.3 Å². The second kappa shape index (κ2) is 7.55. The van der Waals surface area contributed by atoms with Crippen molar-refractivity contribution >= 4 is 28.2 Å². The third kappa shape index (κ3) is 5.68. The van der Waals surface area contributed by atoms with Gasteiger partial charge in [0.2, 0.25) is 0 Å². The van der Waals surface area contributed by atoms with Crippen molar-refractivity contribution < 1.29 is 13.7 Å². The van der Waals surface area contributed by atoms with Crippen LogP contribution in [-0.2, 0) is 21.3 Å². The summed E-state index contributed by atoms with van der Waals surface area (Å²) in [6.45, 7) is 6.99. The van der Waals surface area contributed by atoms with Gasteiger partial charge in [0, 0.05) is 40.7 Å². The van der Waals surface area contributed by atoms with Gasteiger partial charge in [-0.05, 0) is 39.5 Å². The van der Waals surface area contributed by atoms with E-state index in [0.29, 0.717) is 18.1 Å². The van der Waals surface area contributed by atoms with Gasteiger partial charge in [0.05, 0.1) is 11.3 Å². The summed E-state index contributed by atoms with van der Waals surface area (Å²) in [7, 11) is -0.903. The highest BCUT2D eigenvalue weighted by Crippen LogP contribution is 2.21. The summed E-state index contributed by atoms with van der Waals surface area (Å²) in [5.74, 6) is 1.49. The van der Waals surface area contributed by atoms with Crippen molar-refractivity contribution in [3.63, 3.8) is 0 Å². The molecule has 2 rings (SSSR count). The summed E-state index contributed by atoms with van der Waals surface area (Å²) in [4.78, 5) is 18.9. The van der Waals surface area contributed by atoms with Gasteiger partial charge >= 0.3 is 6.09 Å². The number of carbonyl (C=O) groups excluding carboxylic acids is 1. The monoisotopic (exact) mass is 344 g/mol. The number of thiazole rings is 1. The third-order valence-corrected chi connectivity index (χ3v) is 5.82. The van der Waals surface area contributed by atoms with Crippen LogP contribution in [0.15, 0.2) is 11.7 Å². The van der Waals surface area contributed by atoms with Crippen LogP contribution in [0.1, 0.15) is 38.5 Å². The van der Waals surface area contributed by atoms with E-state index in [1.54, 1.807) is 16.6 Å². The van der Waals surface area contributed by atoms with E-state index in [1.165, 1.54) is 11.3 Å². The highest BCUT2D eigenvalue weighted by molar-refractivity contribution is 7.84. The Hall–Kier alpha value is -0.950. The number of carbonyl (C=O) groups is 1. The van der Waals surface area contributed by atoms with Crippen LogP contribution in [0.25, 0.3) is 0 Å². The zero-order chi connectivity index (χ0) is 16.2. The molecule has 0 bridgehead atoms. The molecule has 0 N–H and O–H groups in total. The fraction of sp³-hybridized carbons (Fsp3) is 0.733. The van der Waals surface area contributed by atoms with Crippen molar-refractivity contribution in [3.8, 4) is 0 Å². The molecule has 22 heavy (non-hydrogen) atoms. The molecule has 1 saturated heterocycles. The van der Waals surface area contributed by atoms with E-state index in [9.17, 15) is 9.00 Å². The van der Waals surface area contributed by atoms with Crippen molar-refractivity contribution in [2.24, 2.45) is 5.92 Å². The molecule has 1 aromatic rings. The number of amides is 1. The molecule has 1 fully saturated rings. The lowest BCUT2D eigenvalue weighted by Crippen LogP contribution is -2.44. The molecule has 0 radical (unpaired) electrons. The second-order valence-corrected chi connectivity index (χ2v) is 9.13. The largest absolute Gasteiger partial charge is 0.444 e. The van der Waals surface area contributed by atoms with Crippen molar-refractivity contribution in [3.05, 3.63) is 16.6 Å². The Morgan fingerprint density at radius 3 is 2.95 bits per heavy atom. The van der Waals surface area contributed by atoms with Crippen LogP contribution in [0.2, 0.25) is 0 Å². The molecule has 7 heteroatoms. The molecule has 0 aromatic carbocycles. The molecule has 0 spiro atoms. The van der Waals surface area contributed by atoms with Crippen LogP contribution in [0, 0.1) is 5.92 Å². The number of likely N-dealkylation sites (tertiary alicyclic amines) is 1. The zero-order valence-corrected chi connectivity index (χ0v) is 15.0. The Bertz CT molecular complexity index is 511. The maximum Gasteiger partial charge on any atom is 0.410 e. The van der Waals surface area contributed by atoms with Gasteiger partial charge in [-0.3, -0.25) is 9.19 Å². The van der Waals surface area contributed by atoms with E-state index < -0.39 is 16.4 Å². The van der Waals surface area contributed by atoms with Crippen LogP contribution in [0.5, 0.6) is 0 Å². The Morgan fingerprint density at radius 1 is 1.55 bits per heavy atom. The van der Waals surface area contributed by atoms with Crippen molar-refractivity contribution in [2.75, 3.05) is 18.8 Å². The number of nitrogens with zero attached hydrogens (tertiary/aromatic N) is 2. The molecule has 1 amide bonds. The first-order valence-corrected chi connectivity index (χ1v) is 9.90. The second-order valence-electron chi connectivity index (χ2n) is 6.65. The lowest BCUT2D eigenvalue weighted by atomic mass is 10.0. The SMILES string of the molecule is CC(C)(C)OC(=O)N1CCC[C@H](C[S@](=O)Cc2cncs2)C1. The fourth-order valence-electron chi connectivity index (χ4n) is 2.49. The molecule has 1 aromatic heterocycles. The van der Waals surface area contributed by atoms with E-state index >= 15 is 0 Å². The van der Waals surface area contributed by atoms with Crippen LogP contribution < -0.4 is 0 Å². The first-order valence-electron chi connectivity index (χ1n) is 7.54. The van der Waals surface area contributed by atoms with E-state index in [2.05, 4.69) is 4.98 Å². The number of ether oxygens (including phenoxy) is 1. The molecular weight excluding hydrogens is 320 g/mol. The molecule has 2 heterocycles. The van der Waals surface area contributed by atoms with Gasteiger partial charge in [-0.1, -0.05) is 0 Å². The van der Waals surface area contributed by atoms with Crippen LogP contribution in [0.4, 0.5) is 4.79 Å². The summed E-state index contributed by atoms with van der Waals surface area (Å²) in [5, 5.41) is 0. The maximum atomic E-state index is 12.2. The Labute approximate surface area is 138 Å². The Kier molecular flexibility index (Phi) is 5.97. The van der Waals surface area contributed by atoms with Crippen molar-refractivity contribution in [2.45, 2.75) is 45.0 Å². The number of hydrogen-bond acceptors (Lipinski definition) is 5. The fourth-order valence-corrected chi connectivity index (χ4v) is 4.84. The number of rotatable bonds is 4. The summed E-state index contributed by atoms with van der Waals surface area (Å²) in [6.07, 6.45) is 3.48. The molecular formula is C15H24N2O3S2. The number of aromatic nitrogens is 1. The van der Waals surface area contributed by atoms with Gasteiger partial charge in [0.25, 0.3) is 0 Å². The Morgan fingerprint density at radius 2 is 2.32 bits per heavy atom. The van der Waals surface area contributed by atoms with Gasteiger partial charge in [0.15, 0.2) is 0 Å². The average Bonchev–Trinajstić information content (AvgIpc) is 2.89. The summed E-state index contributed by atoms with van der Waals surface area (Å²) >= 11 is 1.54. The smallest absolute Gasteiger partial charge is 0.410 e. The van der Waals surface area contributed by atoms with Crippen molar-refractivity contribution in [1.82, 2.24) is 9.88 Å². The maximum absolute atomic E-state index is 12.2. The molecule has 1 aliphatic rings. The molecule has 1 aliphatic heterocycles. The van der Waals surface area contributed by atoms with Gasteiger partial charge in [-0.25, -0.2) is 4.79 Å². The number of hydrogen-bond donors (Lipinski definition) is 0. The highest BCUT2D eigenvalue weighted by Gasteiger charge is 2.28. The van der Waals surface area contributed by atoms with E-state index in [4.69, 9.17) is 4.74 Å². The number of piperidine rings is 1. The highest BCUT2D eigenvalue weighted by atomic mass is 32.2. The predicted molar refractivity (Wildman–Crippen MR) is 89.4 cm³/mol. The molecule has 0 unspecified atom stereocenters. The van der Waals surface area contributed by atoms with Crippen molar-refractivity contribution in [1.29, 1.82) is 0 Å². The lowest BCUT2D eigenvalue weighted by molar-refractivity contribution is 0.0176. The first kappa shape index (κ1) is 17.4. The standard InChI is InChI=1S/C15H24N2O3S2/c1-15(2,3)20-14(18)17-6-4-5-12(8-17)9-22(19)10-13-7-16-11-21-13/h7,11-12H,4-6,8-10H2,1-3H3/t12-,22-/m0/s1. The van der Waals surface area contributed by atoms with Crippen LogP contribution in [0.3, 0.4) is 0 Å². The molecule has 124 valence electrons. The zero-order valence-electron chi connectivity index (χ0n) is 13.4. The third-order valence-electron chi connectivity index (χ3n) is 3.38. The Balaban J connectivity index is 1.82. The minimum absolute atomic E-state index is 0.259. The van der Waals surface area contributed by atoms with Gasteiger partial charge in [0.1, 0.15) is 5.60 Å². The molecule has 5 nitrogen and oxygen atoms in total. The van der Waals surface area contributed by atoms with Gasteiger partial charge in [-0.15, -0.1) is 11.3 Å². The average molecular weight is 345 g/mol. The lowest BCUT2D eigenvalue weighted by Gasteiger charge is -2.34. The summed E-state index contributed by atoms with van der Waals surface area (Å²) in [6, 6.07) is 0. The molecule has 0 aliphatic carbocycles. The predicted octanol–water partition coefficient (Wildman–Crippen LogP) is 3.04. The van der Waals surface area contributed by atoms with E-state index in [-0.39, 0.29) is 12.0 Å². The molecule has 0 saturated carbocycles. The summed E-state index contributed by atoms with van der Waals surface area (Å²) < 4.78 is 17.7. The van der Waals surface area contributed by atoms with E-state index in [0.717, 1.165) is 24.3 Å². The summed E-state index contributed by atoms with van der Waals surface area (Å²) in [5.41, 5.74) is 1.29. The van der Waals surface area contributed by atoms with E-state index in [1.807, 2.05) is 20.8 Å². The van der Waals surface area contributed by atoms with Gasteiger partial charge in [-0.2, -0.15) is 0 Å². The van der Waals surface area contributed by atoms with Crippen LogP contribution in [-0.4, -0.2) is 44.6 Å². The topological polar surface area (TPSA) is 59.5 Å².